The van der Waals surface area contributed by atoms with E-state index in [4.69, 9.17) is 5.11 Å². The second-order valence-electron chi connectivity index (χ2n) is 4.00. The molecule has 0 aromatic heterocycles. The number of aliphatic hydroxyl groups excluding tert-OH is 1. The van der Waals surface area contributed by atoms with E-state index in [-0.39, 0.29) is 12.2 Å². The molecule has 0 fully saturated rings. The van der Waals surface area contributed by atoms with E-state index < -0.39 is 18.0 Å². The van der Waals surface area contributed by atoms with Crippen LogP contribution in [0.2, 0.25) is 0 Å². The fourth-order valence-electron chi connectivity index (χ4n) is 1.45. The average Bonchev–Trinajstić information content (AvgIpc) is 2.21. The van der Waals surface area contributed by atoms with Crippen LogP contribution < -0.4 is 0 Å². The minimum atomic E-state index is -0.946. The van der Waals surface area contributed by atoms with E-state index in [2.05, 4.69) is 0 Å². The highest BCUT2D eigenvalue weighted by Crippen LogP contribution is 2.23. The van der Waals surface area contributed by atoms with Crippen LogP contribution in [0.15, 0.2) is 18.2 Å². The number of aliphatic hydroxyl groups is 1. The molecule has 0 bridgehead atoms. The highest BCUT2D eigenvalue weighted by Gasteiger charge is 2.18. The fraction of sp³-hybridized carbons (Fsp3) is 0.417. The molecule has 16 heavy (non-hydrogen) atoms. The first-order valence-electron chi connectivity index (χ1n) is 5.08. The van der Waals surface area contributed by atoms with E-state index in [9.17, 15) is 14.3 Å². The molecule has 0 aliphatic rings. The molecule has 0 heterocycles. The van der Waals surface area contributed by atoms with Crippen molar-refractivity contribution in [2.75, 3.05) is 0 Å². The average molecular weight is 226 g/mol. The summed E-state index contributed by atoms with van der Waals surface area (Å²) >= 11 is 0. The van der Waals surface area contributed by atoms with Crippen LogP contribution in [0, 0.1) is 18.7 Å². The van der Waals surface area contributed by atoms with Crippen molar-refractivity contribution in [3.63, 3.8) is 0 Å². The normalized spacial score (nSPS) is 14.5. The summed E-state index contributed by atoms with van der Waals surface area (Å²) in [6.07, 6.45) is -0.745. The summed E-state index contributed by atoms with van der Waals surface area (Å²) in [5, 5.41) is 18.5. The summed E-state index contributed by atoms with van der Waals surface area (Å²) < 4.78 is 13.0. The molecule has 0 radical (unpaired) electrons. The summed E-state index contributed by atoms with van der Waals surface area (Å²) in [7, 11) is 0. The van der Waals surface area contributed by atoms with Gasteiger partial charge in [0.1, 0.15) is 5.82 Å². The molecular formula is C12H15FO3. The lowest BCUT2D eigenvalue weighted by molar-refractivity contribution is -0.142. The zero-order chi connectivity index (χ0) is 12.3. The number of halogens is 1. The van der Waals surface area contributed by atoms with Crippen LogP contribution >= 0.6 is 0 Å². The van der Waals surface area contributed by atoms with Crippen LogP contribution in [-0.4, -0.2) is 16.2 Å². The Kier molecular flexibility index (Phi) is 4.01. The van der Waals surface area contributed by atoms with Gasteiger partial charge in [-0.05, 0) is 30.5 Å². The number of carbonyl (C=O) groups is 1. The summed E-state index contributed by atoms with van der Waals surface area (Å²) in [4.78, 5) is 10.6. The third-order valence-corrected chi connectivity index (χ3v) is 2.57. The SMILES string of the molecule is Cc1cc(C(O)CC(C)C(=O)O)ccc1F. The summed E-state index contributed by atoms with van der Waals surface area (Å²) in [5.41, 5.74) is 0.992. The Labute approximate surface area is 93.5 Å². The van der Waals surface area contributed by atoms with Crippen molar-refractivity contribution in [3.05, 3.63) is 35.1 Å². The van der Waals surface area contributed by atoms with Gasteiger partial charge in [-0.2, -0.15) is 0 Å². The first kappa shape index (κ1) is 12.6. The Morgan fingerprint density at radius 3 is 2.62 bits per heavy atom. The minimum absolute atomic E-state index is 0.125. The molecule has 0 saturated carbocycles. The molecule has 2 unspecified atom stereocenters. The maximum atomic E-state index is 13.0. The smallest absolute Gasteiger partial charge is 0.306 e. The first-order chi connectivity index (χ1) is 7.41. The largest absolute Gasteiger partial charge is 0.481 e. The molecule has 1 rings (SSSR count). The molecule has 2 atom stereocenters. The number of hydrogen-bond acceptors (Lipinski definition) is 2. The van der Waals surface area contributed by atoms with Crippen LogP contribution in [0.1, 0.15) is 30.6 Å². The molecule has 88 valence electrons. The van der Waals surface area contributed by atoms with Gasteiger partial charge in [0.25, 0.3) is 0 Å². The van der Waals surface area contributed by atoms with Crippen LogP contribution in [-0.2, 0) is 4.79 Å². The highest BCUT2D eigenvalue weighted by molar-refractivity contribution is 5.69. The van der Waals surface area contributed by atoms with E-state index >= 15 is 0 Å². The second-order valence-corrected chi connectivity index (χ2v) is 4.00. The first-order valence-corrected chi connectivity index (χ1v) is 5.08. The van der Waals surface area contributed by atoms with Crippen molar-refractivity contribution < 1.29 is 19.4 Å². The number of carboxylic acids is 1. The number of rotatable bonds is 4. The van der Waals surface area contributed by atoms with Crippen LogP contribution in [0.4, 0.5) is 4.39 Å². The second kappa shape index (κ2) is 5.07. The van der Waals surface area contributed by atoms with Gasteiger partial charge in [-0.1, -0.05) is 19.1 Å². The molecule has 0 aliphatic heterocycles. The third-order valence-electron chi connectivity index (χ3n) is 2.57. The minimum Gasteiger partial charge on any atom is -0.481 e. The van der Waals surface area contributed by atoms with E-state index in [1.165, 1.54) is 25.1 Å². The maximum absolute atomic E-state index is 13.0. The quantitative estimate of drug-likeness (QED) is 0.828. The van der Waals surface area contributed by atoms with E-state index in [0.29, 0.717) is 11.1 Å². The Morgan fingerprint density at radius 2 is 2.12 bits per heavy atom. The van der Waals surface area contributed by atoms with Crippen LogP contribution in [0.3, 0.4) is 0 Å². The standard InChI is InChI=1S/C12H15FO3/c1-7-5-9(3-4-10(7)13)11(14)6-8(2)12(15)16/h3-5,8,11,14H,6H2,1-2H3,(H,15,16). The van der Waals surface area contributed by atoms with E-state index in [1.54, 1.807) is 6.92 Å². The summed E-state index contributed by atoms with van der Waals surface area (Å²) in [6.45, 7) is 3.13. The number of hydrogen-bond donors (Lipinski definition) is 2. The Hall–Kier alpha value is -1.42. The van der Waals surface area contributed by atoms with Gasteiger partial charge in [0.15, 0.2) is 0 Å². The molecule has 1 aromatic rings. The molecule has 0 amide bonds. The molecule has 0 saturated heterocycles. The topological polar surface area (TPSA) is 57.5 Å². The van der Waals surface area contributed by atoms with Crippen molar-refractivity contribution in [2.45, 2.75) is 26.4 Å². The number of carboxylic acid groups (broad SMARTS) is 1. The lowest BCUT2D eigenvalue weighted by Gasteiger charge is -2.14. The van der Waals surface area contributed by atoms with Crippen molar-refractivity contribution in [1.82, 2.24) is 0 Å². The van der Waals surface area contributed by atoms with Crippen molar-refractivity contribution in [3.8, 4) is 0 Å². The van der Waals surface area contributed by atoms with Gasteiger partial charge in [-0.25, -0.2) is 4.39 Å². The van der Waals surface area contributed by atoms with Crippen molar-refractivity contribution in [2.24, 2.45) is 5.92 Å². The number of benzene rings is 1. The summed E-state index contributed by atoms with van der Waals surface area (Å²) in [6, 6.07) is 4.29. The molecule has 3 nitrogen and oxygen atoms in total. The van der Waals surface area contributed by atoms with Gasteiger partial charge in [-0.3, -0.25) is 4.79 Å². The fourth-order valence-corrected chi connectivity index (χ4v) is 1.45. The molecule has 0 spiro atoms. The molecule has 2 N–H and O–H groups in total. The van der Waals surface area contributed by atoms with Gasteiger partial charge < -0.3 is 10.2 Å². The predicted octanol–water partition coefficient (Wildman–Crippen LogP) is 2.28. The van der Waals surface area contributed by atoms with Gasteiger partial charge >= 0.3 is 5.97 Å². The predicted molar refractivity (Wildman–Crippen MR) is 57.5 cm³/mol. The van der Waals surface area contributed by atoms with E-state index in [0.717, 1.165) is 0 Å². The van der Waals surface area contributed by atoms with Crippen LogP contribution in [0.25, 0.3) is 0 Å². The monoisotopic (exact) mass is 226 g/mol. The molecule has 1 aromatic carbocycles. The Morgan fingerprint density at radius 1 is 1.50 bits per heavy atom. The van der Waals surface area contributed by atoms with Gasteiger partial charge in [-0.15, -0.1) is 0 Å². The highest BCUT2D eigenvalue weighted by atomic mass is 19.1. The number of aliphatic carboxylic acids is 1. The molecule has 4 heteroatoms. The van der Waals surface area contributed by atoms with Crippen molar-refractivity contribution in [1.29, 1.82) is 0 Å². The molecular weight excluding hydrogens is 211 g/mol. The Balaban J connectivity index is 2.76. The van der Waals surface area contributed by atoms with Crippen molar-refractivity contribution >= 4 is 5.97 Å². The third kappa shape index (κ3) is 3.03. The Bertz CT molecular complexity index is 390. The van der Waals surface area contributed by atoms with Crippen LogP contribution in [0.5, 0.6) is 0 Å². The van der Waals surface area contributed by atoms with Gasteiger partial charge in [0.2, 0.25) is 0 Å². The molecule has 0 aliphatic carbocycles. The lowest BCUT2D eigenvalue weighted by Crippen LogP contribution is -2.13. The zero-order valence-electron chi connectivity index (χ0n) is 9.27. The lowest BCUT2D eigenvalue weighted by atomic mass is 9.97. The van der Waals surface area contributed by atoms with Gasteiger partial charge in [0, 0.05) is 0 Å². The van der Waals surface area contributed by atoms with E-state index in [1.807, 2.05) is 0 Å². The zero-order valence-corrected chi connectivity index (χ0v) is 9.27. The van der Waals surface area contributed by atoms with Gasteiger partial charge in [0.05, 0.1) is 12.0 Å². The maximum Gasteiger partial charge on any atom is 0.306 e. The number of aryl methyl sites for hydroxylation is 1. The summed E-state index contributed by atoms with van der Waals surface area (Å²) in [5.74, 6) is -1.90.